The Hall–Kier alpha value is -0.660. The average Bonchev–Trinajstić information content (AvgIpc) is 2.28. The lowest BCUT2D eigenvalue weighted by Gasteiger charge is -2.14. The fraction of sp³-hybridized carbons (Fsp3) is 0.556. The molecule has 16 heavy (non-hydrogen) atoms. The summed E-state index contributed by atoms with van der Waals surface area (Å²) in [5.41, 5.74) is 2.54. The Morgan fingerprint density at radius 3 is 2.62 bits per heavy atom. The van der Waals surface area contributed by atoms with E-state index in [1.807, 2.05) is 6.26 Å². The van der Waals surface area contributed by atoms with Crippen LogP contribution in [0.2, 0.25) is 0 Å². The minimum Gasteiger partial charge on any atom is -0.367 e. The van der Waals surface area contributed by atoms with Crippen molar-refractivity contribution in [2.45, 2.75) is 18.1 Å². The van der Waals surface area contributed by atoms with Crippen LogP contribution >= 0.6 is 23.5 Å². The summed E-state index contributed by atoms with van der Waals surface area (Å²) in [4.78, 5) is 8.55. The van der Waals surface area contributed by atoms with Crippen molar-refractivity contribution in [3.05, 3.63) is 6.07 Å². The highest BCUT2D eigenvalue weighted by atomic mass is 32.2. The van der Waals surface area contributed by atoms with E-state index >= 15 is 0 Å². The zero-order valence-electron chi connectivity index (χ0n) is 9.65. The van der Waals surface area contributed by atoms with Crippen LogP contribution in [-0.2, 0) is 0 Å². The number of hydrogen-bond acceptors (Lipinski definition) is 7. The van der Waals surface area contributed by atoms with Crippen LogP contribution in [0.1, 0.15) is 6.92 Å². The van der Waals surface area contributed by atoms with Crippen LogP contribution < -0.4 is 16.6 Å². The molecule has 0 aliphatic heterocycles. The van der Waals surface area contributed by atoms with Gasteiger partial charge in [0.05, 0.1) is 0 Å². The molecule has 0 saturated carbocycles. The van der Waals surface area contributed by atoms with E-state index in [1.54, 1.807) is 17.8 Å². The minimum atomic E-state index is 0.366. The quantitative estimate of drug-likeness (QED) is 0.310. The molecule has 1 heterocycles. The maximum absolute atomic E-state index is 5.35. The third kappa shape index (κ3) is 4.07. The predicted octanol–water partition coefficient (Wildman–Crippen LogP) is 1.65. The number of nitrogens with two attached hydrogens (primary N) is 1. The molecule has 0 saturated heterocycles. The molecule has 0 spiro atoms. The zero-order valence-corrected chi connectivity index (χ0v) is 11.3. The number of rotatable bonds is 6. The summed E-state index contributed by atoms with van der Waals surface area (Å²) >= 11 is 3.29. The second-order valence-electron chi connectivity index (χ2n) is 3.27. The van der Waals surface area contributed by atoms with Gasteiger partial charge in [-0.05, 0) is 19.4 Å². The van der Waals surface area contributed by atoms with Gasteiger partial charge in [0.1, 0.15) is 11.6 Å². The second kappa shape index (κ2) is 6.82. The first-order valence-corrected chi connectivity index (χ1v) is 7.46. The van der Waals surface area contributed by atoms with E-state index in [2.05, 4.69) is 33.9 Å². The molecular formula is C9H17N5S2. The Morgan fingerprint density at radius 1 is 1.38 bits per heavy atom. The van der Waals surface area contributed by atoms with Gasteiger partial charge in [-0.25, -0.2) is 15.8 Å². The first kappa shape index (κ1) is 13.4. The highest BCUT2D eigenvalue weighted by Crippen LogP contribution is 2.17. The summed E-state index contributed by atoms with van der Waals surface area (Å²) in [6, 6.07) is 2.17. The molecule has 1 aromatic rings. The van der Waals surface area contributed by atoms with E-state index in [-0.39, 0.29) is 0 Å². The lowest BCUT2D eigenvalue weighted by Crippen LogP contribution is -2.19. The number of nitrogen functional groups attached to an aromatic ring is 1. The molecule has 1 atom stereocenters. The molecule has 7 heteroatoms. The standard InChI is InChI=1S/C9H17N5S2/c1-6(5-15-2)11-7-4-8(14-10)13-9(12-7)16-3/h4,6H,5,10H2,1-3H3,(H2,11,12,13,14). The Labute approximate surface area is 104 Å². The third-order valence-corrected chi connectivity index (χ3v) is 3.23. The fourth-order valence-corrected chi connectivity index (χ4v) is 2.17. The van der Waals surface area contributed by atoms with E-state index in [0.717, 1.165) is 11.6 Å². The SMILES string of the molecule is CSCC(C)Nc1cc(NN)nc(SC)n1. The van der Waals surface area contributed by atoms with Crippen LogP contribution in [0.3, 0.4) is 0 Å². The largest absolute Gasteiger partial charge is 0.367 e. The third-order valence-electron chi connectivity index (χ3n) is 1.85. The van der Waals surface area contributed by atoms with Crippen LogP contribution in [0.4, 0.5) is 11.6 Å². The van der Waals surface area contributed by atoms with Crippen LogP contribution in [0.5, 0.6) is 0 Å². The molecule has 0 fully saturated rings. The molecule has 1 unspecified atom stereocenters. The van der Waals surface area contributed by atoms with Gasteiger partial charge in [0, 0.05) is 17.9 Å². The Balaban J connectivity index is 2.78. The fourth-order valence-electron chi connectivity index (χ4n) is 1.21. The summed E-state index contributed by atoms with van der Waals surface area (Å²) in [5.74, 6) is 7.81. The summed E-state index contributed by atoms with van der Waals surface area (Å²) in [6.07, 6.45) is 4.02. The maximum atomic E-state index is 5.35. The molecule has 0 amide bonds. The Kier molecular flexibility index (Phi) is 5.72. The van der Waals surface area contributed by atoms with Gasteiger partial charge in [0.2, 0.25) is 0 Å². The summed E-state index contributed by atoms with van der Waals surface area (Å²) in [5, 5.41) is 4.01. The number of hydrazine groups is 1. The Morgan fingerprint density at radius 2 is 2.06 bits per heavy atom. The van der Waals surface area contributed by atoms with Crippen LogP contribution in [-0.4, -0.2) is 34.3 Å². The van der Waals surface area contributed by atoms with E-state index in [4.69, 9.17) is 5.84 Å². The smallest absolute Gasteiger partial charge is 0.191 e. The van der Waals surface area contributed by atoms with Crippen molar-refractivity contribution in [3.63, 3.8) is 0 Å². The number of nitrogens with one attached hydrogen (secondary N) is 2. The molecule has 0 aliphatic carbocycles. The highest BCUT2D eigenvalue weighted by Gasteiger charge is 2.06. The predicted molar refractivity (Wildman–Crippen MR) is 73.1 cm³/mol. The molecule has 1 rings (SSSR count). The molecule has 0 radical (unpaired) electrons. The molecule has 90 valence electrons. The molecule has 1 aromatic heterocycles. The van der Waals surface area contributed by atoms with Gasteiger partial charge in [0.25, 0.3) is 0 Å². The van der Waals surface area contributed by atoms with E-state index in [9.17, 15) is 0 Å². The summed E-state index contributed by atoms with van der Waals surface area (Å²) in [6.45, 7) is 2.12. The van der Waals surface area contributed by atoms with Crippen molar-refractivity contribution in [1.82, 2.24) is 9.97 Å². The van der Waals surface area contributed by atoms with E-state index in [0.29, 0.717) is 17.0 Å². The number of nitrogens with zero attached hydrogens (tertiary/aromatic N) is 2. The summed E-state index contributed by atoms with van der Waals surface area (Å²) < 4.78 is 0. The first-order chi connectivity index (χ1) is 7.69. The van der Waals surface area contributed by atoms with Gasteiger partial charge >= 0.3 is 0 Å². The van der Waals surface area contributed by atoms with Crippen LogP contribution in [0.25, 0.3) is 0 Å². The monoisotopic (exact) mass is 259 g/mol. The van der Waals surface area contributed by atoms with E-state index < -0.39 is 0 Å². The number of aromatic nitrogens is 2. The number of anilines is 2. The molecule has 0 bridgehead atoms. The first-order valence-electron chi connectivity index (χ1n) is 4.84. The molecule has 4 N–H and O–H groups in total. The van der Waals surface area contributed by atoms with Crippen molar-refractivity contribution >= 4 is 35.2 Å². The van der Waals surface area contributed by atoms with Crippen LogP contribution in [0.15, 0.2) is 11.2 Å². The molecule has 5 nitrogen and oxygen atoms in total. The second-order valence-corrected chi connectivity index (χ2v) is 4.95. The van der Waals surface area contributed by atoms with Crippen LogP contribution in [0, 0.1) is 0 Å². The molecule has 0 aromatic carbocycles. The number of hydrogen-bond donors (Lipinski definition) is 3. The average molecular weight is 259 g/mol. The van der Waals surface area contributed by atoms with Gasteiger partial charge in [-0.15, -0.1) is 0 Å². The topological polar surface area (TPSA) is 75.9 Å². The van der Waals surface area contributed by atoms with Gasteiger partial charge in [-0.1, -0.05) is 11.8 Å². The van der Waals surface area contributed by atoms with Crippen molar-refractivity contribution < 1.29 is 0 Å². The minimum absolute atomic E-state index is 0.366. The highest BCUT2D eigenvalue weighted by molar-refractivity contribution is 7.98. The lowest BCUT2D eigenvalue weighted by molar-refractivity contribution is 0.878. The molecular weight excluding hydrogens is 242 g/mol. The lowest BCUT2D eigenvalue weighted by atomic mass is 10.4. The zero-order chi connectivity index (χ0) is 12.0. The normalized spacial score (nSPS) is 12.2. The van der Waals surface area contributed by atoms with Crippen molar-refractivity contribution in [2.75, 3.05) is 29.0 Å². The van der Waals surface area contributed by atoms with Crippen molar-refractivity contribution in [3.8, 4) is 0 Å². The van der Waals surface area contributed by atoms with Crippen molar-refractivity contribution in [2.24, 2.45) is 5.84 Å². The van der Waals surface area contributed by atoms with Gasteiger partial charge in [0.15, 0.2) is 5.16 Å². The van der Waals surface area contributed by atoms with E-state index in [1.165, 1.54) is 11.8 Å². The number of thioether (sulfide) groups is 2. The van der Waals surface area contributed by atoms with Crippen molar-refractivity contribution in [1.29, 1.82) is 0 Å². The Bertz CT molecular complexity index is 311. The summed E-state index contributed by atoms with van der Waals surface area (Å²) in [7, 11) is 0. The molecule has 0 aliphatic rings. The maximum Gasteiger partial charge on any atom is 0.191 e. The van der Waals surface area contributed by atoms with Gasteiger partial charge in [-0.2, -0.15) is 11.8 Å². The van der Waals surface area contributed by atoms with Gasteiger partial charge in [-0.3, -0.25) is 0 Å². The van der Waals surface area contributed by atoms with Gasteiger partial charge < -0.3 is 10.7 Å².